The van der Waals surface area contributed by atoms with Gasteiger partial charge >= 0.3 is 6.03 Å². The number of urea groups is 1. The molecule has 0 aliphatic rings. The van der Waals surface area contributed by atoms with E-state index in [-0.39, 0.29) is 24.7 Å². The van der Waals surface area contributed by atoms with Crippen LogP contribution in [-0.2, 0) is 6.42 Å². The van der Waals surface area contributed by atoms with Crippen LogP contribution >= 0.6 is 0 Å². The fraction of sp³-hybridized carbons (Fsp3) is 0.562. The van der Waals surface area contributed by atoms with Gasteiger partial charge in [0.1, 0.15) is 0 Å². The molecule has 20 heavy (non-hydrogen) atoms. The number of hydrogen-bond acceptors (Lipinski definition) is 2. The van der Waals surface area contributed by atoms with E-state index in [9.17, 15) is 4.79 Å². The van der Waals surface area contributed by atoms with Crippen molar-refractivity contribution in [3.63, 3.8) is 0 Å². The summed E-state index contributed by atoms with van der Waals surface area (Å²) in [5, 5.41) is 14.4. The van der Waals surface area contributed by atoms with E-state index in [1.165, 1.54) is 11.1 Å². The number of amides is 2. The molecule has 0 bridgehead atoms. The van der Waals surface area contributed by atoms with E-state index in [1.54, 1.807) is 6.92 Å². The van der Waals surface area contributed by atoms with Gasteiger partial charge < -0.3 is 15.7 Å². The van der Waals surface area contributed by atoms with Crippen LogP contribution in [0.1, 0.15) is 44.7 Å². The van der Waals surface area contributed by atoms with E-state index in [0.29, 0.717) is 5.92 Å². The van der Waals surface area contributed by atoms with Crippen molar-refractivity contribution < 1.29 is 9.90 Å². The Morgan fingerprint density at radius 3 is 2.10 bits per heavy atom. The van der Waals surface area contributed by atoms with Crippen molar-refractivity contribution in [2.45, 2.75) is 52.1 Å². The number of aliphatic hydroxyl groups is 1. The lowest BCUT2D eigenvalue weighted by molar-refractivity contribution is 0.218. The second kappa shape index (κ2) is 7.90. The van der Waals surface area contributed by atoms with E-state index in [1.807, 2.05) is 6.92 Å². The van der Waals surface area contributed by atoms with E-state index < -0.39 is 0 Å². The fourth-order valence-electron chi connectivity index (χ4n) is 1.98. The molecule has 0 aliphatic heterocycles. The number of hydrogen-bond donors (Lipinski definition) is 3. The van der Waals surface area contributed by atoms with Gasteiger partial charge in [-0.1, -0.05) is 38.1 Å². The van der Waals surface area contributed by atoms with Crippen LogP contribution in [-0.4, -0.2) is 29.8 Å². The van der Waals surface area contributed by atoms with E-state index in [0.717, 1.165) is 6.42 Å². The zero-order chi connectivity index (χ0) is 15.1. The molecule has 1 unspecified atom stereocenters. The molecule has 4 nitrogen and oxygen atoms in total. The molecule has 0 saturated carbocycles. The fourth-order valence-corrected chi connectivity index (χ4v) is 1.98. The molecule has 1 aromatic rings. The van der Waals surface area contributed by atoms with Crippen molar-refractivity contribution in [1.82, 2.24) is 10.6 Å². The molecule has 2 amide bonds. The standard InChI is InChI=1S/C16H26N2O2/c1-11(2)15-7-5-14(6-8-15)9-12(3)17-16(20)18-13(4)10-19/h5-8,11-13,19H,9-10H2,1-4H3,(H2,17,18,20)/t12?,13-/m0/s1. The summed E-state index contributed by atoms with van der Waals surface area (Å²) >= 11 is 0. The number of rotatable bonds is 6. The molecule has 1 aromatic carbocycles. The van der Waals surface area contributed by atoms with Crippen LogP contribution in [0.4, 0.5) is 4.79 Å². The Labute approximate surface area is 121 Å². The third-order valence-electron chi connectivity index (χ3n) is 3.22. The van der Waals surface area contributed by atoms with Crippen molar-refractivity contribution in [3.05, 3.63) is 35.4 Å². The van der Waals surface area contributed by atoms with Crippen LogP contribution in [0.25, 0.3) is 0 Å². The Hall–Kier alpha value is -1.55. The maximum atomic E-state index is 11.6. The summed E-state index contributed by atoms with van der Waals surface area (Å²) in [5.74, 6) is 0.533. The highest BCUT2D eigenvalue weighted by Gasteiger charge is 2.10. The summed E-state index contributed by atoms with van der Waals surface area (Å²) in [7, 11) is 0. The summed E-state index contributed by atoms with van der Waals surface area (Å²) in [6.07, 6.45) is 0.791. The maximum absolute atomic E-state index is 11.6. The Morgan fingerprint density at radius 1 is 1.05 bits per heavy atom. The van der Waals surface area contributed by atoms with Crippen LogP contribution in [0.15, 0.2) is 24.3 Å². The van der Waals surface area contributed by atoms with Gasteiger partial charge in [-0.2, -0.15) is 0 Å². The van der Waals surface area contributed by atoms with E-state index >= 15 is 0 Å². The predicted octanol–water partition coefficient (Wildman–Crippen LogP) is 2.42. The van der Waals surface area contributed by atoms with Crippen LogP contribution in [0, 0.1) is 0 Å². The van der Waals surface area contributed by atoms with Gasteiger partial charge in [-0.25, -0.2) is 4.79 Å². The number of carbonyl (C=O) groups is 1. The van der Waals surface area contributed by atoms with Crippen LogP contribution in [0.2, 0.25) is 0 Å². The summed E-state index contributed by atoms with van der Waals surface area (Å²) in [4.78, 5) is 11.6. The molecule has 4 heteroatoms. The van der Waals surface area contributed by atoms with Crippen molar-refractivity contribution >= 4 is 6.03 Å². The molecular formula is C16H26N2O2. The molecular weight excluding hydrogens is 252 g/mol. The zero-order valence-electron chi connectivity index (χ0n) is 12.8. The molecule has 0 saturated heterocycles. The minimum atomic E-state index is -0.238. The summed E-state index contributed by atoms with van der Waals surface area (Å²) in [6, 6.07) is 8.08. The number of benzene rings is 1. The van der Waals surface area contributed by atoms with Gasteiger partial charge in [0.15, 0.2) is 0 Å². The van der Waals surface area contributed by atoms with Crippen LogP contribution < -0.4 is 10.6 Å². The van der Waals surface area contributed by atoms with Gasteiger partial charge in [-0.05, 0) is 37.3 Å². The smallest absolute Gasteiger partial charge is 0.315 e. The third-order valence-corrected chi connectivity index (χ3v) is 3.22. The van der Waals surface area contributed by atoms with Gasteiger partial charge in [-0.15, -0.1) is 0 Å². The summed E-state index contributed by atoms with van der Waals surface area (Å²) in [5.41, 5.74) is 2.53. The highest BCUT2D eigenvalue weighted by Crippen LogP contribution is 2.15. The Kier molecular flexibility index (Phi) is 6.52. The van der Waals surface area contributed by atoms with Gasteiger partial charge in [0, 0.05) is 6.04 Å². The Balaban J connectivity index is 2.45. The molecule has 1 rings (SSSR count). The highest BCUT2D eigenvalue weighted by molar-refractivity contribution is 5.74. The average molecular weight is 278 g/mol. The second-order valence-corrected chi connectivity index (χ2v) is 5.70. The lowest BCUT2D eigenvalue weighted by Gasteiger charge is -2.17. The molecule has 0 aromatic heterocycles. The Morgan fingerprint density at radius 2 is 1.60 bits per heavy atom. The molecule has 112 valence electrons. The molecule has 0 aliphatic carbocycles. The van der Waals surface area contributed by atoms with Gasteiger partial charge in [0.25, 0.3) is 0 Å². The van der Waals surface area contributed by atoms with Gasteiger partial charge in [-0.3, -0.25) is 0 Å². The van der Waals surface area contributed by atoms with E-state index in [4.69, 9.17) is 5.11 Å². The second-order valence-electron chi connectivity index (χ2n) is 5.70. The molecule has 0 spiro atoms. The third kappa shape index (κ3) is 5.61. The molecule has 0 heterocycles. The van der Waals surface area contributed by atoms with Crippen molar-refractivity contribution in [1.29, 1.82) is 0 Å². The molecule has 0 fully saturated rings. The number of carbonyl (C=O) groups excluding carboxylic acids is 1. The number of aliphatic hydroxyl groups excluding tert-OH is 1. The SMILES string of the molecule is CC(Cc1ccc(C(C)C)cc1)NC(=O)N[C@@H](C)CO. The number of nitrogens with one attached hydrogen (secondary N) is 2. The van der Waals surface area contributed by atoms with Crippen molar-refractivity contribution in [2.75, 3.05) is 6.61 Å². The first kappa shape index (κ1) is 16.5. The van der Waals surface area contributed by atoms with Crippen molar-refractivity contribution in [2.24, 2.45) is 0 Å². The van der Waals surface area contributed by atoms with Crippen molar-refractivity contribution in [3.8, 4) is 0 Å². The lowest BCUT2D eigenvalue weighted by atomic mass is 9.99. The molecule has 0 radical (unpaired) electrons. The normalized spacial score (nSPS) is 13.9. The molecule has 3 N–H and O–H groups in total. The first-order valence-corrected chi connectivity index (χ1v) is 7.19. The molecule has 2 atom stereocenters. The average Bonchev–Trinajstić information content (AvgIpc) is 2.38. The minimum Gasteiger partial charge on any atom is -0.394 e. The van der Waals surface area contributed by atoms with Gasteiger partial charge in [0.05, 0.1) is 12.6 Å². The quantitative estimate of drug-likeness (QED) is 0.748. The Bertz CT molecular complexity index is 415. The summed E-state index contributed by atoms with van der Waals surface area (Å²) < 4.78 is 0. The highest BCUT2D eigenvalue weighted by atomic mass is 16.3. The topological polar surface area (TPSA) is 61.4 Å². The van der Waals surface area contributed by atoms with Crippen LogP contribution in [0.3, 0.4) is 0 Å². The first-order chi connectivity index (χ1) is 9.42. The van der Waals surface area contributed by atoms with Crippen LogP contribution in [0.5, 0.6) is 0 Å². The van der Waals surface area contributed by atoms with Gasteiger partial charge in [0.2, 0.25) is 0 Å². The van der Waals surface area contributed by atoms with E-state index in [2.05, 4.69) is 48.7 Å². The lowest BCUT2D eigenvalue weighted by Crippen LogP contribution is -2.46. The minimum absolute atomic E-state index is 0.0470. The largest absolute Gasteiger partial charge is 0.394 e. The summed E-state index contributed by atoms with van der Waals surface area (Å²) in [6.45, 7) is 8.02. The monoisotopic (exact) mass is 278 g/mol. The zero-order valence-corrected chi connectivity index (χ0v) is 12.8. The maximum Gasteiger partial charge on any atom is 0.315 e. The first-order valence-electron chi connectivity index (χ1n) is 7.19. The predicted molar refractivity (Wildman–Crippen MR) is 81.9 cm³/mol.